The third-order valence-electron chi connectivity index (χ3n) is 3.67. The molecule has 0 fully saturated rings. The van der Waals surface area contributed by atoms with Crippen molar-refractivity contribution in [3.05, 3.63) is 60.0 Å². The van der Waals surface area contributed by atoms with Gasteiger partial charge in [-0.05, 0) is 24.1 Å². The molecule has 0 aliphatic rings. The van der Waals surface area contributed by atoms with Gasteiger partial charge in [0, 0.05) is 13.1 Å². The van der Waals surface area contributed by atoms with E-state index < -0.39 is 0 Å². The molecule has 0 spiro atoms. The second kappa shape index (κ2) is 7.02. The molecule has 6 nitrogen and oxygen atoms in total. The van der Waals surface area contributed by atoms with Gasteiger partial charge in [-0.15, -0.1) is 0 Å². The summed E-state index contributed by atoms with van der Waals surface area (Å²) in [6.45, 7) is 0.737. The number of nitrogens with zero attached hydrogens (tertiary/aromatic N) is 3. The monoisotopic (exact) mass is 310 g/mol. The summed E-state index contributed by atoms with van der Waals surface area (Å²) in [7, 11) is 0. The van der Waals surface area contributed by atoms with Gasteiger partial charge in [0.15, 0.2) is 5.65 Å². The quantitative estimate of drug-likeness (QED) is 0.725. The van der Waals surface area contributed by atoms with Crippen molar-refractivity contribution in [1.29, 1.82) is 0 Å². The van der Waals surface area contributed by atoms with E-state index in [9.17, 15) is 9.90 Å². The summed E-state index contributed by atoms with van der Waals surface area (Å²) < 4.78 is 0. The van der Waals surface area contributed by atoms with Crippen LogP contribution in [0.5, 0.6) is 0 Å². The molecule has 23 heavy (non-hydrogen) atoms. The fourth-order valence-corrected chi connectivity index (χ4v) is 2.45. The smallest absolute Gasteiger partial charge is 0.272 e. The SMILES string of the molecule is O=C(c1ccc2[nH]cnc2n1)N(CCO)CCc1ccccc1. The average molecular weight is 310 g/mol. The van der Waals surface area contributed by atoms with Crippen LogP contribution in [0.3, 0.4) is 0 Å². The fourth-order valence-electron chi connectivity index (χ4n) is 2.45. The molecule has 0 aliphatic carbocycles. The molecule has 2 aromatic heterocycles. The van der Waals surface area contributed by atoms with E-state index in [1.807, 2.05) is 30.3 Å². The number of carbonyl (C=O) groups is 1. The fraction of sp³-hybridized carbons (Fsp3) is 0.235. The first kappa shape index (κ1) is 15.2. The Morgan fingerprint density at radius 1 is 1.13 bits per heavy atom. The van der Waals surface area contributed by atoms with Crippen LogP contribution in [0.1, 0.15) is 16.1 Å². The molecule has 2 heterocycles. The van der Waals surface area contributed by atoms with Gasteiger partial charge in [0.25, 0.3) is 5.91 Å². The van der Waals surface area contributed by atoms with Crippen molar-refractivity contribution in [3.8, 4) is 0 Å². The van der Waals surface area contributed by atoms with Crippen molar-refractivity contribution in [3.63, 3.8) is 0 Å². The molecule has 0 bridgehead atoms. The highest BCUT2D eigenvalue weighted by Crippen LogP contribution is 2.10. The number of carbonyl (C=O) groups excluding carboxylic acids is 1. The van der Waals surface area contributed by atoms with Crippen molar-refractivity contribution in [1.82, 2.24) is 19.9 Å². The number of benzene rings is 1. The zero-order chi connectivity index (χ0) is 16.1. The Morgan fingerprint density at radius 3 is 2.74 bits per heavy atom. The Bertz CT molecular complexity index is 785. The largest absolute Gasteiger partial charge is 0.395 e. The number of imidazole rings is 1. The molecular formula is C17H18N4O2. The molecule has 1 aromatic carbocycles. The normalized spacial score (nSPS) is 10.8. The molecule has 0 saturated carbocycles. The van der Waals surface area contributed by atoms with Gasteiger partial charge in [0.05, 0.1) is 18.5 Å². The number of fused-ring (bicyclic) bond motifs is 1. The Morgan fingerprint density at radius 2 is 1.96 bits per heavy atom. The maximum absolute atomic E-state index is 12.6. The van der Waals surface area contributed by atoms with Crippen molar-refractivity contribution >= 4 is 17.1 Å². The lowest BCUT2D eigenvalue weighted by atomic mass is 10.1. The second-order valence-corrected chi connectivity index (χ2v) is 5.22. The van der Waals surface area contributed by atoms with Gasteiger partial charge in [-0.2, -0.15) is 0 Å². The van der Waals surface area contributed by atoms with Crippen molar-refractivity contribution < 1.29 is 9.90 Å². The lowest BCUT2D eigenvalue weighted by molar-refractivity contribution is 0.0718. The molecule has 0 atom stereocenters. The number of aromatic amines is 1. The summed E-state index contributed by atoms with van der Waals surface area (Å²) in [5, 5.41) is 9.24. The first-order valence-corrected chi connectivity index (χ1v) is 7.52. The summed E-state index contributed by atoms with van der Waals surface area (Å²) in [6.07, 6.45) is 2.28. The van der Waals surface area contributed by atoms with Crippen LogP contribution in [0, 0.1) is 0 Å². The molecule has 6 heteroatoms. The number of H-pyrrole nitrogens is 1. The van der Waals surface area contributed by atoms with Crippen LogP contribution in [0.4, 0.5) is 0 Å². The molecule has 3 aromatic rings. The van der Waals surface area contributed by atoms with Crippen LogP contribution < -0.4 is 0 Å². The predicted molar refractivity (Wildman–Crippen MR) is 87.0 cm³/mol. The maximum Gasteiger partial charge on any atom is 0.272 e. The van der Waals surface area contributed by atoms with Gasteiger partial charge < -0.3 is 15.0 Å². The van der Waals surface area contributed by atoms with Gasteiger partial charge in [-0.3, -0.25) is 4.79 Å². The number of hydrogen-bond donors (Lipinski definition) is 2. The van der Waals surface area contributed by atoms with Crippen LogP contribution in [0.2, 0.25) is 0 Å². The van der Waals surface area contributed by atoms with E-state index in [2.05, 4.69) is 15.0 Å². The third-order valence-corrected chi connectivity index (χ3v) is 3.67. The maximum atomic E-state index is 12.6. The van der Waals surface area contributed by atoms with Crippen LogP contribution in [0.25, 0.3) is 11.2 Å². The second-order valence-electron chi connectivity index (χ2n) is 5.22. The molecule has 118 valence electrons. The minimum atomic E-state index is -0.195. The molecule has 1 amide bonds. The molecule has 0 aliphatic heterocycles. The Kier molecular flexibility index (Phi) is 4.63. The Hall–Kier alpha value is -2.73. The number of rotatable bonds is 6. The number of nitrogens with one attached hydrogen (secondary N) is 1. The van der Waals surface area contributed by atoms with Crippen LogP contribution >= 0.6 is 0 Å². The molecule has 3 rings (SSSR count). The number of hydrogen-bond acceptors (Lipinski definition) is 4. The Balaban J connectivity index is 1.74. The van der Waals surface area contributed by atoms with Gasteiger partial charge >= 0.3 is 0 Å². The van der Waals surface area contributed by atoms with Crippen molar-refractivity contribution in [2.45, 2.75) is 6.42 Å². The number of amides is 1. The minimum absolute atomic E-state index is 0.0782. The number of pyridine rings is 1. The van der Waals surface area contributed by atoms with E-state index in [0.717, 1.165) is 17.5 Å². The van der Waals surface area contributed by atoms with Crippen molar-refractivity contribution in [2.75, 3.05) is 19.7 Å². The summed E-state index contributed by atoms with van der Waals surface area (Å²) in [6, 6.07) is 13.4. The van der Waals surface area contributed by atoms with E-state index in [0.29, 0.717) is 17.9 Å². The number of aliphatic hydroxyl groups excluding tert-OH is 1. The first-order valence-electron chi connectivity index (χ1n) is 7.52. The van der Waals surface area contributed by atoms with Crippen LogP contribution in [-0.4, -0.2) is 50.6 Å². The summed E-state index contributed by atoms with van der Waals surface area (Å²) in [5.41, 5.74) is 2.80. The van der Waals surface area contributed by atoms with Gasteiger partial charge in [0.2, 0.25) is 0 Å². The predicted octanol–water partition coefficient (Wildman–Crippen LogP) is 1.64. The summed E-state index contributed by atoms with van der Waals surface area (Å²) in [5.74, 6) is -0.195. The summed E-state index contributed by atoms with van der Waals surface area (Å²) >= 11 is 0. The van der Waals surface area contributed by atoms with E-state index in [1.165, 1.54) is 0 Å². The van der Waals surface area contributed by atoms with Crippen molar-refractivity contribution in [2.24, 2.45) is 0 Å². The average Bonchev–Trinajstić information content (AvgIpc) is 3.06. The zero-order valence-electron chi connectivity index (χ0n) is 12.6. The van der Waals surface area contributed by atoms with E-state index in [-0.39, 0.29) is 19.1 Å². The van der Waals surface area contributed by atoms with E-state index >= 15 is 0 Å². The van der Waals surface area contributed by atoms with Crippen LogP contribution in [-0.2, 0) is 6.42 Å². The van der Waals surface area contributed by atoms with Gasteiger partial charge in [0.1, 0.15) is 5.69 Å². The number of aliphatic hydroxyl groups is 1. The molecule has 0 unspecified atom stereocenters. The highest BCUT2D eigenvalue weighted by Gasteiger charge is 2.17. The highest BCUT2D eigenvalue weighted by atomic mass is 16.3. The lowest BCUT2D eigenvalue weighted by Crippen LogP contribution is -2.35. The highest BCUT2D eigenvalue weighted by molar-refractivity contribution is 5.94. The molecular weight excluding hydrogens is 292 g/mol. The zero-order valence-corrected chi connectivity index (χ0v) is 12.6. The van der Waals surface area contributed by atoms with Crippen LogP contribution in [0.15, 0.2) is 48.8 Å². The van der Waals surface area contributed by atoms with E-state index in [4.69, 9.17) is 0 Å². The Labute approximate surface area is 133 Å². The lowest BCUT2D eigenvalue weighted by Gasteiger charge is -2.21. The van der Waals surface area contributed by atoms with E-state index in [1.54, 1.807) is 23.4 Å². The minimum Gasteiger partial charge on any atom is -0.395 e. The summed E-state index contributed by atoms with van der Waals surface area (Å²) in [4.78, 5) is 25.6. The van der Waals surface area contributed by atoms with Gasteiger partial charge in [-0.25, -0.2) is 9.97 Å². The third kappa shape index (κ3) is 3.54. The molecule has 0 saturated heterocycles. The molecule has 2 N–H and O–H groups in total. The topological polar surface area (TPSA) is 82.1 Å². The molecule has 0 radical (unpaired) electrons. The first-order chi connectivity index (χ1) is 11.3. The number of aromatic nitrogens is 3. The standard InChI is InChI=1S/C17H18N4O2/c22-11-10-21(9-8-13-4-2-1-3-5-13)17(23)15-7-6-14-16(20-15)19-12-18-14/h1-7,12,22H,8-11H2,(H,18,19,20). The van der Waals surface area contributed by atoms with Gasteiger partial charge in [-0.1, -0.05) is 30.3 Å².